The van der Waals surface area contributed by atoms with Gasteiger partial charge >= 0.3 is 0 Å². The highest BCUT2D eigenvalue weighted by atomic mass is 16.3. The second-order valence-electron chi connectivity index (χ2n) is 5.05. The van der Waals surface area contributed by atoms with Gasteiger partial charge in [-0.25, -0.2) is 0 Å². The van der Waals surface area contributed by atoms with Crippen LogP contribution in [0.1, 0.15) is 46.5 Å². The second-order valence-corrected chi connectivity index (χ2v) is 5.05. The van der Waals surface area contributed by atoms with Gasteiger partial charge in [0.25, 0.3) is 0 Å². The number of aliphatic hydroxyl groups excluding tert-OH is 1. The van der Waals surface area contributed by atoms with E-state index in [-0.39, 0.29) is 5.41 Å². The minimum Gasteiger partial charge on any atom is -0.396 e. The highest BCUT2D eigenvalue weighted by Gasteiger charge is 2.31. The fraction of sp³-hybridized carbons (Fsp3) is 1.00. The Morgan fingerprint density at radius 2 is 1.83 bits per heavy atom. The van der Waals surface area contributed by atoms with E-state index in [1.165, 1.54) is 25.7 Å². The molecular formula is C11H22O. The van der Waals surface area contributed by atoms with Gasteiger partial charge in [-0.05, 0) is 42.9 Å². The summed E-state index contributed by atoms with van der Waals surface area (Å²) in [5.41, 5.74) is 0.241. The van der Waals surface area contributed by atoms with Crippen molar-refractivity contribution in [2.45, 2.75) is 46.5 Å². The van der Waals surface area contributed by atoms with Gasteiger partial charge in [-0.15, -0.1) is 0 Å². The maximum absolute atomic E-state index is 9.18. The first-order chi connectivity index (χ1) is 5.57. The molecule has 72 valence electrons. The summed E-state index contributed by atoms with van der Waals surface area (Å²) in [7, 11) is 0. The molecule has 1 N–H and O–H groups in total. The summed E-state index contributed by atoms with van der Waals surface area (Å²) in [6.07, 6.45) is 5.06. The van der Waals surface area contributed by atoms with E-state index in [0.29, 0.717) is 6.61 Å². The Bertz CT molecular complexity index is 132. The van der Waals surface area contributed by atoms with Crippen molar-refractivity contribution in [2.75, 3.05) is 6.61 Å². The van der Waals surface area contributed by atoms with Gasteiger partial charge in [0.15, 0.2) is 0 Å². The summed E-state index contributed by atoms with van der Waals surface area (Å²) in [6, 6.07) is 0. The van der Waals surface area contributed by atoms with Crippen LogP contribution in [0.5, 0.6) is 0 Å². The molecule has 0 aliphatic heterocycles. The Hall–Kier alpha value is -0.0400. The van der Waals surface area contributed by atoms with E-state index in [2.05, 4.69) is 20.8 Å². The van der Waals surface area contributed by atoms with Crippen LogP contribution in [-0.4, -0.2) is 11.7 Å². The number of hydrogen-bond acceptors (Lipinski definition) is 1. The van der Waals surface area contributed by atoms with Crippen LogP contribution in [0.3, 0.4) is 0 Å². The molecule has 0 aromatic rings. The zero-order chi connectivity index (χ0) is 9.19. The van der Waals surface area contributed by atoms with Crippen LogP contribution in [0.2, 0.25) is 0 Å². The van der Waals surface area contributed by atoms with Gasteiger partial charge in [0.1, 0.15) is 0 Å². The van der Waals surface area contributed by atoms with Gasteiger partial charge < -0.3 is 5.11 Å². The normalized spacial score (nSPS) is 37.2. The lowest BCUT2D eigenvalue weighted by Gasteiger charge is -2.37. The molecule has 1 heteroatoms. The molecular weight excluding hydrogens is 148 g/mol. The van der Waals surface area contributed by atoms with Gasteiger partial charge in [0.2, 0.25) is 0 Å². The van der Waals surface area contributed by atoms with Crippen LogP contribution in [0.25, 0.3) is 0 Å². The van der Waals surface area contributed by atoms with E-state index in [4.69, 9.17) is 0 Å². The van der Waals surface area contributed by atoms with Crippen LogP contribution in [0, 0.1) is 17.3 Å². The molecule has 0 atom stereocenters. The van der Waals surface area contributed by atoms with Crippen LogP contribution >= 0.6 is 0 Å². The van der Waals surface area contributed by atoms with Crippen molar-refractivity contribution in [2.24, 2.45) is 17.3 Å². The first-order valence-electron chi connectivity index (χ1n) is 5.18. The van der Waals surface area contributed by atoms with Crippen LogP contribution in [0.15, 0.2) is 0 Å². The summed E-state index contributed by atoms with van der Waals surface area (Å²) in [5, 5.41) is 9.18. The third-order valence-corrected chi connectivity index (χ3v) is 3.56. The van der Waals surface area contributed by atoms with Gasteiger partial charge in [-0.3, -0.25) is 0 Å². The van der Waals surface area contributed by atoms with Crippen molar-refractivity contribution in [3.8, 4) is 0 Å². The predicted octanol–water partition coefficient (Wildman–Crippen LogP) is 2.83. The van der Waals surface area contributed by atoms with Gasteiger partial charge in [0, 0.05) is 6.61 Å². The highest BCUT2D eigenvalue weighted by Crippen LogP contribution is 2.40. The fourth-order valence-corrected chi connectivity index (χ4v) is 2.16. The van der Waals surface area contributed by atoms with Gasteiger partial charge in [-0.1, -0.05) is 20.8 Å². The van der Waals surface area contributed by atoms with E-state index >= 15 is 0 Å². The molecule has 0 amide bonds. The Morgan fingerprint density at radius 1 is 1.33 bits per heavy atom. The monoisotopic (exact) mass is 170 g/mol. The molecule has 1 fully saturated rings. The summed E-state index contributed by atoms with van der Waals surface area (Å²) in [5.74, 6) is 1.73. The van der Waals surface area contributed by atoms with E-state index in [0.717, 1.165) is 11.8 Å². The molecule has 12 heavy (non-hydrogen) atoms. The molecule has 1 rings (SSSR count). The molecule has 0 spiro atoms. The van der Waals surface area contributed by atoms with Crippen molar-refractivity contribution in [3.63, 3.8) is 0 Å². The molecule has 1 nitrogen and oxygen atoms in total. The standard InChI is InChI=1S/C11H22O/c1-9(2)10-4-6-11(3,8-12)7-5-10/h9-10,12H,4-8H2,1-3H3. The number of rotatable bonds is 2. The third kappa shape index (κ3) is 2.22. The minimum absolute atomic E-state index is 0.241. The van der Waals surface area contributed by atoms with E-state index < -0.39 is 0 Å². The molecule has 1 aliphatic carbocycles. The SMILES string of the molecule is CC(C)C1CCC(C)(CO)CC1. The highest BCUT2D eigenvalue weighted by molar-refractivity contribution is 4.82. The molecule has 0 radical (unpaired) electrons. The van der Waals surface area contributed by atoms with Crippen molar-refractivity contribution in [1.82, 2.24) is 0 Å². The Balaban J connectivity index is 2.39. The predicted molar refractivity (Wildman–Crippen MR) is 52.0 cm³/mol. The first kappa shape index (κ1) is 10.0. The van der Waals surface area contributed by atoms with Crippen LogP contribution in [0.4, 0.5) is 0 Å². The second kappa shape index (κ2) is 3.78. The smallest absolute Gasteiger partial charge is 0.0484 e. The van der Waals surface area contributed by atoms with Crippen molar-refractivity contribution in [3.05, 3.63) is 0 Å². The zero-order valence-corrected chi connectivity index (χ0v) is 8.64. The first-order valence-corrected chi connectivity index (χ1v) is 5.18. The summed E-state index contributed by atoms with van der Waals surface area (Å²) in [6.45, 7) is 7.21. The zero-order valence-electron chi connectivity index (χ0n) is 8.64. The fourth-order valence-electron chi connectivity index (χ4n) is 2.16. The lowest BCUT2D eigenvalue weighted by atomic mass is 9.69. The van der Waals surface area contributed by atoms with Crippen molar-refractivity contribution in [1.29, 1.82) is 0 Å². The van der Waals surface area contributed by atoms with Crippen molar-refractivity contribution < 1.29 is 5.11 Å². The topological polar surface area (TPSA) is 20.2 Å². The van der Waals surface area contributed by atoms with Crippen molar-refractivity contribution >= 4 is 0 Å². The molecule has 0 heterocycles. The maximum Gasteiger partial charge on any atom is 0.0484 e. The van der Waals surface area contributed by atoms with Gasteiger partial charge in [-0.2, -0.15) is 0 Å². The lowest BCUT2D eigenvalue weighted by Crippen LogP contribution is -2.29. The summed E-state index contributed by atoms with van der Waals surface area (Å²) in [4.78, 5) is 0. The lowest BCUT2D eigenvalue weighted by molar-refractivity contribution is 0.0705. The molecule has 0 bridgehead atoms. The van der Waals surface area contributed by atoms with Gasteiger partial charge in [0.05, 0.1) is 0 Å². The molecule has 0 aromatic heterocycles. The number of aliphatic hydroxyl groups is 1. The molecule has 1 aliphatic rings. The average molecular weight is 170 g/mol. The van der Waals surface area contributed by atoms with E-state index in [1.807, 2.05) is 0 Å². The molecule has 0 unspecified atom stereocenters. The third-order valence-electron chi connectivity index (χ3n) is 3.56. The van der Waals surface area contributed by atoms with Crippen LogP contribution in [-0.2, 0) is 0 Å². The molecule has 0 aromatic carbocycles. The summed E-state index contributed by atoms with van der Waals surface area (Å²) < 4.78 is 0. The van der Waals surface area contributed by atoms with E-state index in [9.17, 15) is 5.11 Å². The Kier molecular flexibility index (Phi) is 3.16. The Morgan fingerprint density at radius 3 is 2.17 bits per heavy atom. The maximum atomic E-state index is 9.18. The Labute approximate surface area is 76.2 Å². The number of hydrogen-bond donors (Lipinski definition) is 1. The average Bonchev–Trinajstić information content (AvgIpc) is 2.05. The van der Waals surface area contributed by atoms with E-state index in [1.54, 1.807) is 0 Å². The minimum atomic E-state index is 0.241. The van der Waals surface area contributed by atoms with Crippen LogP contribution < -0.4 is 0 Å². The molecule has 0 saturated heterocycles. The largest absolute Gasteiger partial charge is 0.396 e. The quantitative estimate of drug-likeness (QED) is 0.675. The molecule has 1 saturated carbocycles. The summed E-state index contributed by atoms with van der Waals surface area (Å²) >= 11 is 0.